The summed E-state index contributed by atoms with van der Waals surface area (Å²) in [6.07, 6.45) is 5.44. The maximum absolute atomic E-state index is 6.02. The van der Waals surface area contributed by atoms with Crippen LogP contribution >= 0.6 is 0 Å². The molecule has 2 fully saturated rings. The molecule has 2 unspecified atom stereocenters. The van der Waals surface area contributed by atoms with Crippen LogP contribution in [0, 0.1) is 0 Å². The van der Waals surface area contributed by atoms with Gasteiger partial charge in [-0.15, -0.1) is 0 Å². The first-order valence-corrected chi connectivity index (χ1v) is 8.08. The molecule has 1 aliphatic heterocycles. The Morgan fingerprint density at radius 1 is 1.10 bits per heavy atom. The first kappa shape index (κ1) is 14.7. The number of nitrogens with one attached hydrogen (secondary N) is 1. The topological polar surface area (TPSA) is 39.7 Å². The van der Waals surface area contributed by atoms with E-state index >= 15 is 0 Å². The predicted molar refractivity (Wildman–Crippen MR) is 82.0 cm³/mol. The largest absolute Gasteiger partial charge is 0.494 e. The summed E-state index contributed by atoms with van der Waals surface area (Å²) < 4.78 is 17.3. The van der Waals surface area contributed by atoms with Crippen LogP contribution in [-0.4, -0.2) is 38.0 Å². The van der Waals surface area contributed by atoms with Crippen LogP contribution in [0.4, 0.5) is 0 Å². The molecule has 1 aromatic rings. The van der Waals surface area contributed by atoms with E-state index in [0.717, 1.165) is 36.9 Å². The van der Waals surface area contributed by atoms with Gasteiger partial charge in [-0.25, -0.2) is 0 Å². The average molecular weight is 291 g/mol. The second-order valence-electron chi connectivity index (χ2n) is 5.86. The molecule has 1 aromatic carbocycles. The van der Waals surface area contributed by atoms with Gasteiger partial charge in [0.05, 0.1) is 18.8 Å². The van der Waals surface area contributed by atoms with Gasteiger partial charge in [-0.1, -0.05) is 6.07 Å². The third kappa shape index (κ3) is 4.61. The minimum atomic E-state index is 0.215. The molecule has 1 N–H and O–H groups in total. The first-order chi connectivity index (χ1) is 10.3. The molecule has 1 saturated heterocycles. The van der Waals surface area contributed by atoms with Crippen molar-refractivity contribution in [1.29, 1.82) is 0 Å². The van der Waals surface area contributed by atoms with Crippen molar-refractivity contribution in [2.24, 2.45) is 0 Å². The van der Waals surface area contributed by atoms with Crippen molar-refractivity contribution in [1.82, 2.24) is 5.32 Å². The zero-order chi connectivity index (χ0) is 14.5. The summed E-state index contributed by atoms with van der Waals surface area (Å²) in [4.78, 5) is 0. The van der Waals surface area contributed by atoms with Crippen LogP contribution in [0.1, 0.15) is 32.6 Å². The van der Waals surface area contributed by atoms with Crippen molar-refractivity contribution in [3.8, 4) is 11.5 Å². The summed E-state index contributed by atoms with van der Waals surface area (Å²) in [5, 5.41) is 3.53. The molecule has 0 amide bonds. The van der Waals surface area contributed by atoms with E-state index in [2.05, 4.69) is 5.32 Å². The van der Waals surface area contributed by atoms with Crippen LogP contribution in [0.5, 0.6) is 11.5 Å². The first-order valence-electron chi connectivity index (χ1n) is 8.08. The quantitative estimate of drug-likeness (QED) is 0.799. The Labute approximate surface area is 126 Å². The van der Waals surface area contributed by atoms with Gasteiger partial charge in [-0.3, -0.25) is 0 Å². The number of hydrogen-bond donors (Lipinski definition) is 1. The van der Waals surface area contributed by atoms with E-state index in [1.165, 1.54) is 12.8 Å². The molecule has 4 heteroatoms. The Morgan fingerprint density at radius 2 is 1.86 bits per heavy atom. The van der Waals surface area contributed by atoms with E-state index < -0.39 is 0 Å². The average Bonchev–Trinajstić information content (AvgIpc) is 3.22. The molecule has 1 heterocycles. The monoisotopic (exact) mass is 291 g/mol. The van der Waals surface area contributed by atoms with Gasteiger partial charge in [-0.05, 0) is 44.7 Å². The molecule has 0 bridgehead atoms. The van der Waals surface area contributed by atoms with Gasteiger partial charge in [-0.2, -0.15) is 0 Å². The van der Waals surface area contributed by atoms with Crippen molar-refractivity contribution in [3.05, 3.63) is 24.3 Å². The summed E-state index contributed by atoms with van der Waals surface area (Å²) in [6.45, 7) is 4.26. The van der Waals surface area contributed by atoms with E-state index in [0.29, 0.717) is 19.3 Å². The summed E-state index contributed by atoms with van der Waals surface area (Å²) in [6, 6.07) is 8.55. The fourth-order valence-corrected chi connectivity index (χ4v) is 2.65. The summed E-state index contributed by atoms with van der Waals surface area (Å²) in [7, 11) is 0. The highest BCUT2D eigenvalue weighted by atomic mass is 16.5. The molecular weight excluding hydrogens is 266 g/mol. The maximum atomic E-state index is 6.02. The Hall–Kier alpha value is -1.26. The van der Waals surface area contributed by atoms with Crippen LogP contribution in [0.15, 0.2) is 24.3 Å². The van der Waals surface area contributed by atoms with Crippen molar-refractivity contribution in [2.75, 3.05) is 19.8 Å². The van der Waals surface area contributed by atoms with E-state index in [1.807, 2.05) is 31.2 Å². The zero-order valence-electron chi connectivity index (χ0n) is 12.7. The van der Waals surface area contributed by atoms with Crippen molar-refractivity contribution in [3.63, 3.8) is 0 Å². The summed E-state index contributed by atoms with van der Waals surface area (Å²) in [5.41, 5.74) is 0. The lowest BCUT2D eigenvalue weighted by molar-refractivity contribution is 0.0184. The lowest BCUT2D eigenvalue weighted by atomic mass is 10.2. The highest BCUT2D eigenvalue weighted by Gasteiger charge is 2.28. The predicted octanol–water partition coefficient (Wildman–Crippen LogP) is 2.76. The van der Waals surface area contributed by atoms with Gasteiger partial charge in [0, 0.05) is 18.7 Å². The van der Waals surface area contributed by atoms with E-state index in [1.54, 1.807) is 0 Å². The highest BCUT2D eigenvalue weighted by Crippen LogP contribution is 2.24. The maximum Gasteiger partial charge on any atom is 0.123 e. The Balaban J connectivity index is 1.39. The molecular formula is C17H25NO3. The van der Waals surface area contributed by atoms with Gasteiger partial charge in [0.15, 0.2) is 0 Å². The minimum absolute atomic E-state index is 0.215. The van der Waals surface area contributed by atoms with Gasteiger partial charge in [0.1, 0.15) is 18.1 Å². The fraction of sp³-hybridized carbons (Fsp3) is 0.647. The van der Waals surface area contributed by atoms with Crippen LogP contribution in [0.3, 0.4) is 0 Å². The van der Waals surface area contributed by atoms with Crippen LogP contribution in [0.25, 0.3) is 0 Å². The number of hydrogen-bond acceptors (Lipinski definition) is 4. The molecule has 116 valence electrons. The second-order valence-corrected chi connectivity index (χ2v) is 5.86. The number of rotatable bonds is 8. The molecule has 2 aliphatic rings. The van der Waals surface area contributed by atoms with Crippen LogP contribution in [0.2, 0.25) is 0 Å². The van der Waals surface area contributed by atoms with Crippen molar-refractivity contribution >= 4 is 0 Å². The lowest BCUT2D eigenvalue weighted by Crippen LogP contribution is -2.29. The second kappa shape index (κ2) is 7.14. The van der Waals surface area contributed by atoms with Gasteiger partial charge in [0.2, 0.25) is 0 Å². The van der Waals surface area contributed by atoms with Gasteiger partial charge >= 0.3 is 0 Å². The van der Waals surface area contributed by atoms with E-state index in [-0.39, 0.29) is 6.10 Å². The lowest BCUT2D eigenvalue weighted by Gasteiger charge is -2.15. The number of ether oxygens (including phenoxy) is 3. The Morgan fingerprint density at radius 3 is 2.62 bits per heavy atom. The molecule has 4 nitrogen and oxygen atoms in total. The summed E-state index contributed by atoms with van der Waals surface area (Å²) >= 11 is 0. The van der Waals surface area contributed by atoms with Gasteiger partial charge < -0.3 is 19.5 Å². The van der Waals surface area contributed by atoms with Crippen LogP contribution < -0.4 is 14.8 Å². The molecule has 0 radical (unpaired) electrons. The molecule has 1 aliphatic carbocycles. The normalized spacial score (nSPS) is 25.0. The Bertz CT molecular complexity index is 447. The fourth-order valence-electron chi connectivity index (χ4n) is 2.65. The van der Waals surface area contributed by atoms with Crippen molar-refractivity contribution in [2.45, 2.75) is 50.9 Å². The molecule has 21 heavy (non-hydrogen) atoms. The minimum Gasteiger partial charge on any atom is -0.494 e. The van der Waals surface area contributed by atoms with Gasteiger partial charge in [0.25, 0.3) is 0 Å². The van der Waals surface area contributed by atoms with E-state index in [9.17, 15) is 0 Å². The van der Waals surface area contributed by atoms with E-state index in [4.69, 9.17) is 14.2 Å². The molecule has 0 aromatic heterocycles. The molecule has 1 saturated carbocycles. The zero-order valence-corrected chi connectivity index (χ0v) is 12.7. The SMILES string of the molecule is CCOc1cccc(OCC2CCC(CNC3CC3)O2)c1. The van der Waals surface area contributed by atoms with Crippen molar-refractivity contribution < 1.29 is 14.2 Å². The smallest absolute Gasteiger partial charge is 0.123 e. The van der Waals surface area contributed by atoms with Crippen LogP contribution in [-0.2, 0) is 4.74 Å². The third-order valence-corrected chi connectivity index (χ3v) is 3.96. The Kier molecular flexibility index (Phi) is 4.99. The highest BCUT2D eigenvalue weighted by molar-refractivity contribution is 5.32. The molecule has 2 atom stereocenters. The molecule has 0 spiro atoms. The standard InChI is InChI=1S/C17H25NO3/c1-2-19-14-4-3-5-15(10-14)20-12-17-9-8-16(21-17)11-18-13-6-7-13/h3-5,10,13,16-18H,2,6-9,11-12H2,1H3. The third-order valence-electron chi connectivity index (χ3n) is 3.96. The molecule has 3 rings (SSSR count). The summed E-state index contributed by atoms with van der Waals surface area (Å²) in [5.74, 6) is 1.71. The number of benzene rings is 1.